The number of ether oxygens (including phenoxy) is 2. The van der Waals surface area contributed by atoms with E-state index in [0.29, 0.717) is 47.0 Å². The van der Waals surface area contributed by atoms with Gasteiger partial charge in [0.1, 0.15) is 29.8 Å². The normalized spacial score (nSPS) is 26.4. The molecule has 2 aliphatic heterocycles. The van der Waals surface area contributed by atoms with Gasteiger partial charge in [-0.1, -0.05) is 54.8 Å². The van der Waals surface area contributed by atoms with Gasteiger partial charge in [0, 0.05) is 34.7 Å². The van der Waals surface area contributed by atoms with Gasteiger partial charge in [0.05, 0.1) is 6.54 Å². The molecular formula is C45H48ClN5O7U. The first-order valence-corrected chi connectivity index (χ1v) is 21.0. The summed E-state index contributed by atoms with van der Waals surface area (Å²) in [6.45, 7) is 0.0225. The number of nitrogens with one attached hydrogen (secondary N) is 3. The molecule has 5 aliphatic rings. The largest absolute Gasteiger partial charge is 2.00 e. The molecule has 0 bridgehead atoms. The number of carbonyl (C=O) groups excluding carboxylic acids is 5. The Bertz CT molecular complexity index is 2060. The molecule has 59 heavy (non-hydrogen) atoms. The molecule has 306 valence electrons. The number of amides is 5. The van der Waals surface area contributed by atoms with Crippen LogP contribution in [0.2, 0.25) is 5.02 Å². The smallest absolute Gasteiger partial charge is 0.515 e. The molecular weight excluding hydrogens is 996 g/mol. The van der Waals surface area contributed by atoms with Gasteiger partial charge < -0.3 is 30.0 Å². The van der Waals surface area contributed by atoms with E-state index in [1.807, 2.05) is 42.5 Å². The van der Waals surface area contributed by atoms with Crippen molar-refractivity contribution < 1.29 is 64.6 Å². The molecule has 12 nitrogen and oxygen atoms in total. The molecule has 3 heterocycles. The second-order valence-electron chi connectivity index (χ2n) is 16.2. The number of allylic oxidation sites excluding steroid dienone is 1. The van der Waals surface area contributed by atoms with Crippen LogP contribution in [-0.2, 0) is 23.9 Å². The van der Waals surface area contributed by atoms with Crippen LogP contribution in [0.25, 0.3) is 22.5 Å². The van der Waals surface area contributed by atoms with Gasteiger partial charge in [0.15, 0.2) is 0 Å². The van der Waals surface area contributed by atoms with Gasteiger partial charge in [-0.25, -0.2) is 16.4 Å². The maximum atomic E-state index is 14.7. The molecule has 4 fully saturated rings. The number of nitrogens with zero attached hydrogens (tertiary/aromatic N) is 2. The summed E-state index contributed by atoms with van der Waals surface area (Å²) in [5, 5.41) is 8.98. The standard InChI is InChI=1S/C45H48ClN5O7.U/c46-32-21-19-29(20-22-32)38-24-34(23-37(47-38)28-11-5-4-6-12-28)57-35-25-39-41(53)50-45(43(55)49-40(52)30-17-18-30)26-31(45)13-7-2-1-3-8-16-36(42(54)51(39)27-35)48-44(56)58-33-14-9-10-15-33;/h4-7,11,13,19-22,24,30-31,33,35-36,39H,1-3,8-10,14-18,25-27H2,(H,48,56)(H,50,53)(H,49,52,55);/q-2;+2/b13-7-;/t31-,35-,36+,39+,45-;/m1./s1. The quantitative estimate of drug-likeness (QED) is 0.131. The molecule has 1 saturated heterocycles. The van der Waals surface area contributed by atoms with Crippen LogP contribution in [0.4, 0.5) is 4.79 Å². The average Bonchev–Trinajstić information content (AvgIpc) is 4.09. The molecule has 3 aromatic rings. The minimum absolute atomic E-state index is 0. The van der Waals surface area contributed by atoms with Crippen LogP contribution in [-0.4, -0.2) is 76.0 Å². The van der Waals surface area contributed by atoms with Gasteiger partial charge >= 0.3 is 37.2 Å². The Morgan fingerprint density at radius 2 is 1.73 bits per heavy atom. The van der Waals surface area contributed by atoms with E-state index in [9.17, 15) is 24.0 Å². The van der Waals surface area contributed by atoms with Crippen molar-refractivity contribution in [3.8, 4) is 28.3 Å². The van der Waals surface area contributed by atoms with Crippen LogP contribution < -0.4 is 20.7 Å². The minimum atomic E-state index is -1.33. The molecule has 5 atom stereocenters. The molecule has 1 aromatic heterocycles. The van der Waals surface area contributed by atoms with Crippen LogP contribution in [0.15, 0.2) is 66.7 Å². The summed E-state index contributed by atoms with van der Waals surface area (Å²) in [5.74, 6) is -1.99. The number of imide groups is 1. The molecule has 0 radical (unpaired) electrons. The van der Waals surface area contributed by atoms with E-state index in [4.69, 9.17) is 26.1 Å². The van der Waals surface area contributed by atoms with Gasteiger partial charge in [-0.2, -0.15) is 24.3 Å². The second-order valence-corrected chi connectivity index (χ2v) is 16.6. The zero-order valence-electron chi connectivity index (χ0n) is 32.8. The molecule has 14 heteroatoms. The number of pyridine rings is 1. The number of hydrogen-bond acceptors (Lipinski definition) is 8. The molecule has 3 aliphatic carbocycles. The van der Waals surface area contributed by atoms with Gasteiger partial charge in [-0.05, 0) is 81.9 Å². The molecule has 8 rings (SSSR count). The van der Waals surface area contributed by atoms with Crippen molar-refractivity contribution in [1.29, 1.82) is 0 Å². The van der Waals surface area contributed by atoms with Gasteiger partial charge in [0.2, 0.25) is 17.7 Å². The number of carbonyl (C=O) groups is 5. The molecule has 0 spiro atoms. The van der Waals surface area contributed by atoms with Crippen molar-refractivity contribution in [1.82, 2.24) is 25.8 Å². The number of hydrogen-bond donors (Lipinski definition) is 3. The summed E-state index contributed by atoms with van der Waals surface area (Å²) in [6.07, 6.45) is 11.3. The van der Waals surface area contributed by atoms with Crippen LogP contribution in [0, 0.1) is 55.1 Å². The van der Waals surface area contributed by atoms with Crippen molar-refractivity contribution >= 4 is 41.3 Å². The van der Waals surface area contributed by atoms with Crippen molar-refractivity contribution in [2.45, 2.75) is 113 Å². The van der Waals surface area contributed by atoms with E-state index >= 15 is 0 Å². The minimum Gasteiger partial charge on any atom is -0.515 e. The molecule has 3 saturated carbocycles. The molecule has 2 aromatic carbocycles. The zero-order valence-corrected chi connectivity index (χ0v) is 37.8. The third kappa shape index (κ3) is 10.4. The molecule has 0 unspecified atom stereocenters. The van der Waals surface area contributed by atoms with Crippen LogP contribution in [0.3, 0.4) is 0 Å². The first-order chi connectivity index (χ1) is 28.1. The Morgan fingerprint density at radius 1 is 0.949 bits per heavy atom. The zero-order chi connectivity index (χ0) is 40.2. The SMILES string of the molecule is O=C(N[C@H]1CCCCC/C=C\[C@@H]2C[C@@]2(C(=O)NC(=O)C2CC2)NC(=O)[C@@H]2C[C@@H](Oc3[c-]c(-c4[c-]cccc4)nc(-c4ccc(Cl)cc4)c3)CN2C1=O)OC1CCCC1.[U+2]. The summed E-state index contributed by atoms with van der Waals surface area (Å²) >= 11 is 6.20. The van der Waals surface area contributed by atoms with Gasteiger partial charge in [-0.3, -0.25) is 24.5 Å². The van der Waals surface area contributed by atoms with Crippen LogP contribution in [0.1, 0.15) is 83.5 Å². The number of alkyl carbamates (subject to hydrolysis) is 1. The van der Waals surface area contributed by atoms with E-state index in [2.05, 4.69) is 28.1 Å². The maximum Gasteiger partial charge on any atom is 2.00 e. The van der Waals surface area contributed by atoms with E-state index in [0.717, 1.165) is 63.4 Å². The predicted octanol–water partition coefficient (Wildman–Crippen LogP) is 6.50. The summed E-state index contributed by atoms with van der Waals surface area (Å²) in [6, 6.07) is 20.9. The predicted molar refractivity (Wildman–Crippen MR) is 215 cm³/mol. The summed E-state index contributed by atoms with van der Waals surface area (Å²) in [7, 11) is 0. The fourth-order valence-corrected chi connectivity index (χ4v) is 8.43. The number of rotatable bonds is 8. The second kappa shape index (κ2) is 19.0. The Labute approximate surface area is 373 Å². The van der Waals surface area contributed by atoms with E-state index in [1.165, 1.54) is 4.90 Å². The Morgan fingerprint density at radius 3 is 2.47 bits per heavy atom. The Hall–Kier alpha value is -4.18. The van der Waals surface area contributed by atoms with Gasteiger partial charge in [-0.15, -0.1) is 11.8 Å². The van der Waals surface area contributed by atoms with Crippen molar-refractivity contribution in [3.63, 3.8) is 0 Å². The summed E-state index contributed by atoms with van der Waals surface area (Å²) < 4.78 is 12.3. The molecule has 5 amide bonds. The Balaban J connectivity index is 0.00000528. The van der Waals surface area contributed by atoms with E-state index < -0.39 is 47.5 Å². The summed E-state index contributed by atoms with van der Waals surface area (Å²) in [4.78, 5) is 75.2. The first-order valence-electron chi connectivity index (χ1n) is 20.6. The van der Waals surface area contributed by atoms with Crippen molar-refractivity contribution in [3.05, 3.63) is 83.9 Å². The van der Waals surface area contributed by atoms with Crippen LogP contribution in [0.5, 0.6) is 5.75 Å². The van der Waals surface area contributed by atoms with E-state index in [-0.39, 0.29) is 67.9 Å². The average molecular weight is 1040 g/mol. The van der Waals surface area contributed by atoms with Crippen molar-refractivity contribution in [2.24, 2.45) is 11.8 Å². The number of aromatic nitrogens is 1. The van der Waals surface area contributed by atoms with E-state index in [1.54, 1.807) is 24.3 Å². The first kappa shape index (κ1) is 42.9. The fourth-order valence-electron chi connectivity index (χ4n) is 8.31. The van der Waals surface area contributed by atoms with Crippen LogP contribution >= 0.6 is 11.6 Å². The number of benzene rings is 2. The third-order valence-corrected chi connectivity index (χ3v) is 12.1. The van der Waals surface area contributed by atoms with Crippen molar-refractivity contribution in [2.75, 3.05) is 6.54 Å². The van der Waals surface area contributed by atoms with Gasteiger partial charge in [0.25, 0.3) is 5.91 Å². The third-order valence-electron chi connectivity index (χ3n) is 11.8. The monoisotopic (exact) mass is 1040 g/mol. The summed E-state index contributed by atoms with van der Waals surface area (Å²) in [5.41, 5.74) is 1.26. The molecule has 3 N–H and O–H groups in total. The fraction of sp³-hybridized carbons (Fsp3) is 0.467. The number of halogens is 1. The topological polar surface area (TPSA) is 156 Å². The Kier molecular flexibility index (Phi) is 13.8. The number of fused-ring (bicyclic) bond motifs is 2. The maximum absolute atomic E-state index is 14.7.